The van der Waals surface area contributed by atoms with Gasteiger partial charge in [0, 0.05) is 5.69 Å². The van der Waals surface area contributed by atoms with Gasteiger partial charge in [-0.1, -0.05) is 31.4 Å². The number of esters is 1. The van der Waals surface area contributed by atoms with E-state index in [2.05, 4.69) is 5.32 Å². The van der Waals surface area contributed by atoms with E-state index in [1.54, 1.807) is 25.3 Å². The summed E-state index contributed by atoms with van der Waals surface area (Å²) in [4.78, 5) is 25.8. The summed E-state index contributed by atoms with van der Waals surface area (Å²) >= 11 is 0. The molecule has 0 unspecified atom stereocenters. The summed E-state index contributed by atoms with van der Waals surface area (Å²) in [5.74, 6) is 0.626. The van der Waals surface area contributed by atoms with Crippen LogP contribution < -0.4 is 14.8 Å². The Morgan fingerprint density at radius 1 is 0.968 bits per heavy atom. The van der Waals surface area contributed by atoms with Gasteiger partial charge in [0.15, 0.2) is 0 Å². The van der Waals surface area contributed by atoms with Crippen molar-refractivity contribution in [2.24, 2.45) is 0 Å². The minimum atomic E-state index is -0.608. The molecule has 0 atom stereocenters. The van der Waals surface area contributed by atoms with Gasteiger partial charge in [-0.2, -0.15) is 0 Å². The summed E-state index contributed by atoms with van der Waals surface area (Å²) in [5.41, 5.74) is 1.21. The minimum absolute atomic E-state index is 0.0642. The minimum Gasteiger partial charge on any atom is -0.497 e. The van der Waals surface area contributed by atoms with Crippen LogP contribution in [0.4, 0.5) is 5.69 Å². The van der Waals surface area contributed by atoms with Crippen LogP contribution in [0.15, 0.2) is 42.5 Å². The summed E-state index contributed by atoms with van der Waals surface area (Å²) in [6, 6.07) is 12.8. The molecule has 6 heteroatoms. The monoisotopic (exact) mass is 425 g/mol. The summed E-state index contributed by atoms with van der Waals surface area (Å²) in [5, 5.41) is 3.05. The van der Waals surface area contributed by atoms with Crippen LogP contribution in [0.3, 0.4) is 0 Å². The van der Waals surface area contributed by atoms with Crippen molar-refractivity contribution in [1.82, 2.24) is 0 Å². The highest BCUT2D eigenvalue weighted by atomic mass is 16.5. The first-order chi connectivity index (χ1) is 14.9. The van der Waals surface area contributed by atoms with Gasteiger partial charge in [0.1, 0.15) is 17.1 Å². The molecule has 1 saturated carbocycles. The van der Waals surface area contributed by atoms with Crippen molar-refractivity contribution in [1.29, 1.82) is 0 Å². The summed E-state index contributed by atoms with van der Waals surface area (Å²) in [6.45, 7) is 3.77. The van der Waals surface area contributed by atoms with Crippen molar-refractivity contribution in [2.75, 3.05) is 19.5 Å². The molecule has 0 saturated heterocycles. The smallest absolute Gasteiger partial charge is 0.341 e. The zero-order valence-corrected chi connectivity index (χ0v) is 18.7. The number of carbonyl (C=O) groups is 2. The second-order valence-electron chi connectivity index (χ2n) is 8.19. The molecule has 0 heterocycles. The van der Waals surface area contributed by atoms with Crippen molar-refractivity contribution >= 4 is 17.6 Å². The molecule has 0 aromatic heterocycles. The maximum absolute atomic E-state index is 13.6. The van der Waals surface area contributed by atoms with Gasteiger partial charge >= 0.3 is 5.97 Å². The van der Waals surface area contributed by atoms with E-state index in [0.717, 1.165) is 43.4 Å². The first kappa shape index (κ1) is 22.7. The van der Waals surface area contributed by atoms with Crippen molar-refractivity contribution < 1.29 is 23.8 Å². The summed E-state index contributed by atoms with van der Waals surface area (Å²) in [7, 11) is 2.96. The predicted octanol–water partition coefficient (Wildman–Crippen LogP) is 5.11. The molecule has 0 aliphatic heterocycles. The van der Waals surface area contributed by atoms with E-state index in [4.69, 9.17) is 14.2 Å². The molecule has 0 bridgehead atoms. The van der Waals surface area contributed by atoms with Gasteiger partial charge in [0.05, 0.1) is 25.7 Å². The maximum atomic E-state index is 13.6. The van der Waals surface area contributed by atoms with Crippen LogP contribution in [0, 0.1) is 0 Å². The largest absolute Gasteiger partial charge is 0.497 e. The van der Waals surface area contributed by atoms with Crippen LogP contribution in [0.5, 0.6) is 11.5 Å². The third kappa shape index (κ3) is 5.01. The van der Waals surface area contributed by atoms with Crippen molar-refractivity contribution in [3.05, 3.63) is 53.6 Å². The molecule has 31 heavy (non-hydrogen) atoms. The van der Waals surface area contributed by atoms with Gasteiger partial charge in [-0.3, -0.25) is 4.79 Å². The lowest BCUT2D eigenvalue weighted by Gasteiger charge is -2.36. The standard InChI is InChI=1S/C25H31NO5/c1-17(2)31-22-13-10-19(16-21(22)23(27)30-4)26-24(28)25(14-6-5-7-15-25)18-8-11-20(29-3)12-9-18/h8-13,16-17H,5-7,14-15H2,1-4H3,(H,26,28). The fraction of sp³-hybridized carbons (Fsp3) is 0.440. The first-order valence-corrected chi connectivity index (χ1v) is 10.7. The fourth-order valence-electron chi connectivity index (χ4n) is 4.20. The number of amides is 1. The van der Waals surface area contributed by atoms with Crippen LogP contribution in [0.1, 0.15) is 61.9 Å². The van der Waals surface area contributed by atoms with Gasteiger partial charge in [-0.05, 0) is 62.6 Å². The van der Waals surface area contributed by atoms with E-state index in [9.17, 15) is 9.59 Å². The highest BCUT2D eigenvalue weighted by Crippen LogP contribution is 2.41. The van der Waals surface area contributed by atoms with Crippen LogP contribution in [-0.2, 0) is 14.9 Å². The number of hydrogen-bond donors (Lipinski definition) is 1. The number of benzene rings is 2. The Balaban J connectivity index is 1.91. The van der Waals surface area contributed by atoms with Crippen LogP contribution in [0.25, 0.3) is 0 Å². The molecular formula is C25H31NO5. The normalized spacial score (nSPS) is 15.3. The lowest BCUT2D eigenvalue weighted by Crippen LogP contribution is -2.42. The van der Waals surface area contributed by atoms with Crippen LogP contribution >= 0.6 is 0 Å². The van der Waals surface area contributed by atoms with Gasteiger partial charge in [0.2, 0.25) is 5.91 Å². The topological polar surface area (TPSA) is 73.9 Å². The number of nitrogens with one attached hydrogen (secondary N) is 1. The molecule has 0 radical (unpaired) electrons. The summed E-state index contributed by atoms with van der Waals surface area (Å²) < 4.78 is 15.9. The zero-order valence-electron chi connectivity index (χ0n) is 18.7. The van der Waals surface area contributed by atoms with Gasteiger partial charge in [0.25, 0.3) is 0 Å². The Morgan fingerprint density at radius 3 is 2.23 bits per heavy atom. The van der Waals surface area contributed by atoms with Crippen LogP contribution in [0.2, 0.25) is 0 Å². The molecule has 166 valence electrons. The zero-order chi connectivity index (χ0) is 22.4. The highest BCUT2D eigenvalue weighted by molar-refractivity contribution is 6.01. The Bertz CT molecular complexity index is 914. The van der Waals surface area contributed by atoms with Gasteiger partial charge in [-0.15, -0.1) is 0 Å². The number of hydrogen-bond acceptors (Lipinski definition) is 5. The van der Waals surface area contributed by atoms with Crippen molar-refractivity contribution in [3.8, 4) is 11.5 Å². The molecule has 2 aromatic carbocycles. The Kier molecular flexibility index (Phi) is 7.21. The number of anilines is 1. The Labute approximate surface area is 183 Å². The second kappa shape index (κ2) is 9.86. The third-order valence-corrected chi connectivity index (χ3v) is 5.79. The molecule has 6 nitrogen and oxygen atoms in total. The Morgan fingerprint density at radius 2 is 1.65 bits per heavy atom. The van der Waals surface area contributed by atoms with Crippen molar-refractivity contribution in [2.45, 2.75) is 57.5 Å². The van der Waals surface area contributed by atoms with E-state index in [1.165, 1.54) is 7.11 Å². The SMILES string of the molecule is COC(=O)c1cc(NC(=O)C2(c3ccc(OC)cc3)CCCCC2)ccc1OC(C)C. The molecule has 1 fully saturated rings. The average Bonchev–Trinajstić information content (AvgIpc) is 2.79. The van der Waals surface area contributed by atoms with Crippen molar-refractivity contribution in [3.63, 3.8) is 0 Å². The number of rotatable bonds is 7. The Hall–Kier alpha value is -3.02. The van der Waals surface area contributed by atoms with E-state index in [1.807, 2.05) is 38.1 Å². The first-order valence-electron chi connectivity index (χ1n) is 10.7. The maximum Gasteiger partial charge on any atom is 0.341 e. The van der Waals surface area contributed by atoms with Crippen LogP contribution in [-0.4, -0.2) is 32.2 Å². The van der Waals surface area contributed by atoms with Gasteiger partial charge in [-0.25, -0.2) is 4.79 Å². The fourth-order valence-corrected chi connectivity index (χ4v) is 4.20. The lowest BCUT2D eigenvalue weighted by molar-refractivity contribution is -0.122. The number of methoxy groups -OCH3 is 2. The molecule has 1 aliphatic carbocycles. The number of ether oxygens (including phenoxy) is 3. The molecule has 0 spiro atoms. The third-order valence-electron chi connectivity index (χ3n) is 5.79. The average molecular weight is 426 g/mol. The predicted molar refractivity (Wildman–Crippen MR) is 120 cm³/mol. The molecule has 1 aliphatic rings. The molecule has 3 rings (SSSR count). The highest BCUT2D eigenvalue weighted by Gasteiger charge is 2.41. The van der Waals surface area contributed by atoms with E-state index in [0.29, 0.717) is 11.4 Å². The summed E-state index contributed by atoms with van der Waals surface area (Å²) in [6.07, 6.45) is 4.58. The second-order valence-corrected chi connectivity index (χ2v) is 8.19. The number of carbonyl (C=O) groups excluding carboxylic acids is 2. The quantitative estimate of drug-likeness (QED) is 0.624. The lowest BCUT2D eigenvalue weighted by atomic mass is 9.68. The molecule has 1 N–H and O–H groups in total. The molecular weight excluding hydrogens is 394 g/mol. The molecule has 2 aromatic rings. The van der Waals surface area contributed by atoms with E-state index < -0.39 is 11.4 Å². The molecule has 1 amide bonds. The van der Waals surface area contributed by atoms with E-state index in [-0.39, 0.29) is 17.6 Å². The van der Waals surface area contributed by atoms with Gasteiger partial charge < -0.3 is 19.5 Å². The van der Waals surface area contributed by atoms with E-state index >= 15 is 0 Å².